The number of ether oxygens (including phenoxy) is 2. The molecule has 0 amide bonds. The van der Waals surface area contributed by atoms with Crippen LogP contribution in [0, 0.1) is 0 Å². The van der Waals surface area contributed by atoms with E-state index in [1.165, 1.54) is 18.4 Å². The Morgan fingerprint density at radius 1 is 1.30 bits per heavy atom. The van der Waals surface area contributed by atoms with Gasteiger partial charge in [-0.15, -0.1) is 23.7 Å². The van der Waals surface area contributed by atoms with Crippen molar-refractivity contribution in [2.45, 2.75) is 13.1 Å². The molecule has 6 nitrogen and oxygen atoms in total. The van der Waals surface area contributed by atoms with Crippen LogP contribution in [0.4, 0.5) is 5.13 Å². The number of carbonyl (C=O) groups is 1. The van der Waals surface area contributed by atoms with E-state index in [-0.39, 0.29) is 19.0 Å². The first kappa shape index (κ1) is 19.2. The van der Waals surface area contributed by atoms with E-state index in [9.17, 15) is 4.79 Å². The highest BCUT2D eigenvalue weighted by atomic mass is 35.5. The predicted molar refractivity (Wildman–Crippen MR) is 92.9 cm³/mol. The molecule has 0 radical (unpaired) electrons. The maximum absolute atomic E-state index is 11.0. The fraction of sp³-hybridized carbons (Fsp3) is 0.333. The molecule has 0 saturated heterocycles. The second kappa shape index (κ2) is 9.34. The number of benzene rings is 1. The Kier molecular flexibility index (Phi) is 7.80. The number of hydrogen-bond acceptors (Lipinski definition) is 7. The summed E-state index contributed by atoms with van der Waals surface area (Å²) in [4.78, 5) is 18.4. The first-order chi connectivity index (χ1) is 10.6. The Morgan fingerprint density at radius 3 is 2.57 bits per heavy atom. The molecule has 0 saturated carbocycles. The lowest BCUT2D eigenvalue weighted by atomic mass is 10.2. The van der Waals surface area contributed by atoms with Crippen molar-refractivity contribution in [3.05, 3.63) is 40.9 Å². The molecule has 0 fully saturated rings. The van der Waals surface area contributed by atoms with Crippen LogP contribution >= 0.6 is 23.7 Å². The largest absolute Gasteiger partial charge is 0.482 e. The molecule has 1 heterocycles. The topological polar surface area (TPSA) is 77.7 Å². The van der Waals surface area contributed by atoms with Crippen LogP contribution in [0.15, 0.2) is 30.5 Å². The summed E-state index contributed by atoms with van der Waals surface area (Å²) >= 11 is 1.50. The lowest BCUT2D eigenvalue weighted by molar-refractivity contribution is -0.142. The number of halogens is 1. The van der Waals surface area contributed by atoms with Crippen LogP contribution in [0.1, 0.15) is 10.4 Å². The van der Waals surface area contributed by atoms with Crippen molar-refractivity contribution < 1.29 is 14.3 Å². The van der Waals surface area contributed by atoms with Gasteiger partial charge in [0.1, 0.15) is 5.75 Å². The number of thiazole rings is 1. The summed E-state index contributed by atoms with van der Waals surface area (Å²) in [6.07, 6.45) is 1.81. The highest BCUT2D eigenvalue weighted by molar-refractivity contribution is 7.15. The van der Waals surface area contributed by atoms with Crippen LogP contribution in [0.25, 0.3) is 0 Å². The molecular weight excluding hydrogens is 338 g/mol. The highest BCUT2D eigenvalue weighted by Gasteiger charge is 2.06. The number of anilines is 1. The zero-order valence-corrected chi connectivity index (χ0v) is 14.7. The van der Waals surface area contributed by atoms with Gasteiger partial charge in [0.05, 0.1) is 7.11 Å². The number of nitrogen functional groups attached to an aromatic ring is 1. The zero-order chi connectivity index (χ0) is 15.9. The number of nitrogens with two attached hydrogens (primary N) is 1. The van der Waals surface area contributed by atoms with Crippen LogP contribution in [-0.2, 0) is 22.6 Å². The molecule has 23 heavy (non-hydrogen) atoms. The van der Waals surface area contributed by atoms with E-state index >= 15 is 0 Å². The van der Waals surface area contributed by atoms with Crippen LogP contribution in [0.5, 0.6) is 5.75 Å². The first-order valence-electron chi connectivity index (χ1n) is 6.74. The molecule has 0 spiro atoms. The van der Waals surface area contributed by atoms with Gasteiger partial charge >= 0.3 is 5.97 Å². The third-order valence-electron chi connectivity index (χ3n) is 2.96. The Morgan fingerprint density at radius 2 is 2.00 bits per heavy atom. The van der Waals surface area contributed by atoms with Crippen LogP contribution in [-0.4, -0.2) is 36.6 Å². The number of aromatic nitrogens is 1. The lowest BCUT2D eigenvalue weighted by Gasteiger charge is -2.15. The predicted octanol–water partition coefficient (Wildman–Crippen LogP) is 2.33. The summed E-state index contributed by atoms with van der Waals surface area (Å²) in [5.74, 6) is 0.250. The Labute approximate surface area is 145 Å². The minimum atomic E-state index is -0.396. The number of nitrogens with zero attached hydrogens (tertiary/aromatic N) is 2. The number of esters is 1. The summed E-state index contributed by atoms with van der Waals surface area (Å²) in [6.45, 7) is 1.52. The van der Waals surface area contributed by atoms with Gasteiger partial charge in [0, 0.05) is 24.2 Å². The Hall–Kier alpha value is -1.83. The minimum absolute atomic E-state index is 0. The molecule has 1 aromatic carbocycles. The van der Waals surface area contributed by atoms with E-state index < -0.39 is 5.97 Å². The average Bonchev–Trinajstić information content (AvgIpc) is 2.91. The smallest absolute Gasteiger partial charge is 0.343 e. The normalized spacial score (nSPS) is 10.2. The molecular formula is C15H20ClN3O3S. The molecule has 126 valence electrons. The monoisotopic (exact) mass is 357 g/mol. The summed E-state index contributed by atoms with van der Waals surface area (Å²) < 4.78 is 9.83. The Balaban J connectivity index is 0.00000264. The van der Waals surface area contributed by atoms with Gasteiger partial charge in [0.25, 0.3) is 0 Å². The SMILES string of the molecule is COC(=O)COc1ccc(CN(C)Cc2cnc(N)s2)cc1.Cl. The molecule has 2 aromatic rings. The van der Waals surface area contributed by atoms with Gasteiger partial charge in [0.15, 0.2) is 11.7 Å². The number of hydrogen-bond donors (Lipinski definition) is 1. The minimum Gasteiger partial charge on any atom is -0.482 e. The molecule has 8 heteroatoms. The van der Waals surface area contributed by atoms with Gasteiger partial charge in [0.2, 0.25) is 0 Å². The summed E-state index contributed by atoms with van der Waals surface area (Å²) in [5, 5.41) is 0.593. The second-order valence-electron chi connectivity index (χ2n) is 4.85. The third kappa shape index (κ3) is 6.43. The molecule has 0 unspecified atom stereocenters. The van der Waals surface area contributed by atoms with Crippen molar-refractivity contribution in [2.24, 2.45) is 0 Å². The maximum Gasteiger partial charge on any atom is 0.343 e. The second-order valence-corrected chi connectivity index (χ2v) is 5.99. The van der Waals surface area contributed by atoms with E-state index in [4.69, 9.17) is 10.5 Å². The number of carbonyl (C=O) groups excluding carboxylic acids is 1. The van der Waals surface area contributed by atoms with E-state index in [2.05, 4.69) is 14.6 Å². The molecule has 1 aromatic heterocycles. The average molecular weight is 358 g/mol. The first-order valence-corrected chi connectivity index (χ1v) is 7.55. The molecule has 0 bridgehead atoms. The van der Waals surface area contributed by atoms with Gasteiger partial charge in [-0.05, 0) is 24.7 Å². The van der Waals surface area contributed by atoms with Gasteiger partial charge in [-0.25, -0.2) is 9.78 Å². The van der Waals surface area contributed by atoms with Crippen molar-refractivity contribution in [3.63, 3.8) is 0 Å². The number of methoxy groups -OCH3 is 1. The molecule has 2 rings (SSSR count). The van der Waals surface area contributed by atoms with E-state index in [0.29, 0.717) is 10.9 Å². The van der Waals surface area contributed by atoms with Crippen molar-refractivity contribution in [2.75, 3.05) is 26.5 Å². The van der Waals surface area contributed by atoms with Gasteiger partial charge in [-0.3, -0.25) is 4.90 Å². The van der Waals surface area contributed by atoms with Crippen LogP contribution in [0.2, 0.25) is 0 Å². The van der Waals surface area contributed by atoms with Crippen LogP contribution < -0.4 is 10.5 Å². The van der Waals surface area contributed by atoms with Gasteiger partial charge in [-0.2, -0.15) is 0 Å². The molecule has 0 atom stereocenters. The van der Waals surface area contributed by atoms with Crippen molar-refractivity contribution in [3.8, 4) is 5.75 Å². The summed E-state index contributed by atoms with van der Waals surface area (Å²) in [6, 6.07) is 7.64. The van der Waals surface area contributed by atoms with E-state index in [1.54, 1.807) is 6.20 Å². The van der Waals surface area contributed by atoms with Gasteiger partial charge < -0.3 is 15.2 Å². The molecule has 0 aliphatic carbocycles. The van der Waals surface area contributed by atoms with E-state index in [1.807, 2.05) is 31.3 Å². The van der Waals surface area contributed by atoms with Gasteiger partial charge in [-0.1, -0.05) is 12.1 Å². The molecule has 0 aliphatic heterocycles. The molecule has 2 N–H and O–H groups in total. The van der Waals surface area contributed by atoms with Crippen molar-refractivity contribution in [1.29, 1.82) is 0 Å². The van der Waals surface area contributed by atoms with Crippen molar-refractivity contribution >= 4 is 34.8 Å². The Bertz CT molecular complexity index is 619. The lowest BCUT2D eigenvalue weighted by Crippen LogP contribution is -2.16. The van der Waals surface area contributed by atoms with E-state index in [0.717, 1.165) is 23.5 Å². The fourth-order valence-electron chi connectivity index (χ4n) is 1.92. The van der Waals surface area contributed by atoms with Crippen molar-refractivity contribution in [1.82, 2.24) is 9.88 Å². The fourth-order valence-corrected chi connectivity index (χ4v) is 2.69. The molecule has 0 aliphatic rings. The maximum atomic E-state index is 11.0. The number of rotatable bonds is 7. The van der Waals surface area contributed by atoms with Crippen LogP contribution in [0.3, 0.4) is 0 Å². The zero-order valence-electron chi connectivity index (χ0n) is 13.0. The third-order valence-corrected chi connectivity index (χ3v) is 3.77. The standard InChI is InChI=1S/C15H19N3O3S.ClH/c1-18(9-13-7-17-15(16)22-13)8-11-3-5-12(6-4-11)21-10-14(19)20-2;/h3-7H,8-10H2,1-2H3,(H2,16,17);1H. The summed E-state index contributed by atoms with van der Waals surface area (Å²) in [7, 11) is 3.37. The quantitative estimate of drug-likeness (QED) is 0.766. The highest BCUT2D eigenvalue weighted by Crippen LogP contribution is 2.18. The summed E-state index contributed by atoms with van der Waals surface area (Å²) in [5.41, 5.74) is 6.78.